The standard InChI is InChI=1S/C13H17N3O2S.2ClH/c1-9-11(12(17)15-7-4-6-14-2)16-13(19-9)10-5-3-8-18-10;;/h3,5,8,14H,4,6-7H2,1-2H3,(H,15,17);2*1H. The van der Waals surface area contributed by atoms with Gasteiger partial charge in [0.25, 0.3) is 5.91 Å². The molecule has 0 fully saturated rings. The van der Waals surface area contributed by atoms with Gasteiger partial charge in [-0.05, 0) is 39.1 Å². The van der Waals surface area contributed by atoms with E-state index in [1.165, 1.54) is 11.3 Å². The van der Waals surface area contributed by atoms with Crippen LogP contribution in [0.4, 0.5) is 0 Å². The lowest BCUT2D eigenvalue weighted by molar-refractivity contribution is 0.0948. The Balaban J connectivity index is 0.00000200. The number of rotatable bonds is 6. The molecule has 2 aromatic rings. The van der Waals surface area contributed by atoms with Gasteiger partial charge in [-0.25, -0.2) is 4.98 Å². The molecule has 1 amide bonds. The topological polar surface area (TPSA) is 67.2 Å². The van der Waals surface area contributed by atoms with E-state index in [-0.39, 0.29) is 30.7 Å². The monoisotopic (exact) mass is 351 g/mol. The highest BCUT2D eigenvalue weighted by molar-refractivity contribution is 7.15. The number of nitrogens with zero attached hydrogens (tertiary/aromatic N) is 1. The summed E-state index contributed by atoms with van der Waals surface area (Å²) in [5.74, 6) is 0.574. The molecule has 0 radical (unpaired) electrons. The minimum atomic E-state index is -0.123. The van der Waals surface area contributed by atoms with Crippen LogP contribution in [0.3, 0.4) is 0 Å². The highest BCUT2D eigenvalue weighted by Crippen LogP contribution is 2.27. The van der Waals surface area contributed by atoms with E-state index in [1.807, 2.05) is 26.1 Å². The molecule has 2 N–H and O–H groups in total. The third kappa shape index (κ3) is 5.32. The first-order valence-corrected chi connectivity index (χ1v) is 6.98. The van der Waals surface area contributed by atoms with Crippen molar-refractivity contribution < 1.29 is 9.21 Å². The maximum atomic E-state index is 12.0. The van der Waals surface area contributed by atoms with Crippen LogP contribution in [0.2, 0.25) is 0 Å². The molecule has 2 rings (SSSR count). The Bertz CT molecular complexity index is 544. The maximum absolute atomic E-state index is 12.0. The summed E-state index contributed by atoms with van der Waals surface area (Å²) in [4.78, 5) is 17.2. The van der Waals surface area contributed by atoms with Crippen molar-refractivity contribution in [3.8, 4) is 10.8 Å². The molecular weight excluding hydrogens is 333 g/mol. The van der Waals surface area contributed by atoms with Crippen LogP contribution in [0.25, 0.3) is 10.8 Å². The van der Waals surface area contributed by atoms with Crippen molar-refractivity contribution in [3.05, 3.63) is 29.0 Å². The second-order valence-corrected chi connectivity index (χ2v) is 5.32. The summed E-state index contributed by atoms with van der Waals surface area (Å²) in [6.45, 7) is 3.42. The molecule has 8 heteroatoms. The Morgan fingerprint density at radius 2 is 2.14 bits per heavy atom. The number of halogens is 2. The molecule has 0 spiro atoms. The first kappa shape index (κ1) is 19.9. The van der Waals surface area contributed by atoms with E-state index in [2.05, 4.69) is 15.6 Å². The van der Waals surface area contributed by atoms with E-state index in [9.17, 15) is 4.79 Å². The number of aryl methyl sites for hydroxylation is 1. The first-order valence-electron chi connectivity index (χ1n) is 6.16. The third-order valence-corrected chi connectivity index (χ3v) is 3.62. The maximum Gasteiger partial charge on any atom is 0.271 e. The smallest absolute Gasteiger partial charge is 0.271 e. The van der Waals surface area contributed by atoms with Crippen LogP contribution in [0.5, 0.6) is 0 Å². The molecule has 0 atom stereocenters. The van der Waals surface area contributed by atoms with Crippen molar-refractivity contribution in [2.75, 3.05) is 20.1 Å². The van der Waals surface area contributed by atoms with Crippen LogP contribution in [0, 0.1) is 6.92 Å². The van der Waals surface area contributed by atoms with Crippen molar-refractivity contribution in [2.45, 2.75) is 13.3 Å². The quantitative estimate of drug-likeness (QED) is 0.785. The number of aromatic nitrogens is 1. The minimum absolute atomic E-state index is 0. The van der Waals surface area contributed by atoms with E-state index >= 15 is 0 Å². The average molecular weight is 352 g/mol. The fourth-order valence-electron chi connectivity index (χ4n) is 1.66. The van der Waals surface area contributed by atoms with Gasteiger partial charge >= 0.3 is 0 Å². The van der Waals surface area contributed by atoms with E-state index in [1.54, 1.807) is 6.26 Å². The predicted molar refractivity (Wildman–Crippen MR) is 89.9 cm³/mol. The van der Waals surface area contributed by atoms with E-state index < -0.39 is 0 Å². The van der Waals surface area contributed by atoms with Crippen LogP contribution in [-0.2, 0) is 0 Å². The van der Waals surface area contributed by atoms with Gasteiger partial charge in [0.1, 0.15) is 5.69 Å². The lowest BCUT2D eigenvalue weighted by Gasteiger charge is -2.03. The largest absolute Gasteiger partial charge is 0.462 e. The molecule has 0 bridgehead atoms. The molecular formula is C13H19Cl2N3O2S. The lowest BCUT2D eigenvalue weighted by Crippen LogP contribution is -2.27. The normalized spacial score (nSPS) is 9.62. The van der Waals surface area contributed by atoms with Gasteiger partial charge in [-0.1, -0.05) is 0 Å². The van der Waals surface area contributed by atoms with Crippen molar-refractivity contribution in [2.24, 2.45) is 0 Å². The Morgan fingerprint density at radius 1 is 1.38 bits per heavy atom. The SMILES string of the molecule is CNCCCNC(=O)c1nc(-c2ccco2)sc1C.Cl.Cl. The molecule has 0 aromatic carbocycles. The molecule has 2 heterocycles. The van der Waals surface area contributed by atoms with Gasteiger partial charge in [0.15, 0.2) is 10.8 Å². The van der Waals surface area contributed by atoms with Crippen molar-refractivity contribution in [1.29, 1.82) is 0 Å². The van der Waals surface area contributed by atoms with Gasteiger partial charge in [0.2, 0.25) is 0 Å². The molecule has 0 aliphatic heterocycles. The van der Waals surface area contributed by atoms with Gasteiger partial charge in [0.05, 0.1) is 6.26 Å². The molecule has 0 unspecified atom stereocenters. The van der Waals surface area contributed by atoms with Crippen LogP contribution in [0.15, 0.2) is 22.8 Å². The Hall–Kier alpha value is -1.08. The van der Waals surface area contributed by atoms with Crippen molar-refractivity contribution >= 4 is 42.1 Å². The minimum Gasteiger partial charge on any atom is -0.462 e. The summed E-state index contributed by atoms with van der Waals surface area (Å²) in [5.41, 5.74) is 0.487. The Kier molecular flexibility index (Phi) is 9.28. The molecule has 0 aliphatic carbocycles. The number of carbonyl (C=O) groups excluding carboxylic acids is 1. The number of furan rings is 1. The number of amides is 1. The second-order valence-electron chi connectivity index (χ2n) is 4.11. The zero-order valence-electron chi connectivity index (χ0n) is 11.8. The highest BCUT2D eigenvalue weighted by Gasteiger charge is 2.16. The Labute approximate surface area is 140 Å². The molecule has 0 saturated carbocycles. The third-order valence-electron chi connectivity index (χ3n) is 2.63. The zero-order valence-corrected chi connectivity index (χ0v) is 14.3. The summed E-state index contributed by atoms with van der Waals surface area (Å²) in [6.07, 6.45) is 2.50. The first-order chi connectivity index (χ1) is 9.22. The molecule has 5 nitrogen and oxygen atoms in total. The second kappa shape index (κ2) is 9.78. The fraction of sp³-hybridized carbons (Fsp3) is 0.385. The number of nitrogens with one attached hydrogen (secondary N) is 2. The predicted octanol–water partition coefficient (Wildman–Crippen LogP) is 2.89. The summed E-state index contributed by atoms with van der Waals surface area (Å²) < 4.78 is 5.29. The van der Waals surface area contributed by atoms with E-state index in [4.69, 9.17) is 4.42 Å². The fourth-order valence-corrected chi connectivity index (χ4v) is 2.54. The molecule has 118 valence electrons. The molecule has 2 aromatic heterocycles. The number of hydrogen-bond donors (Lipinski definition) is 2. The highest BCUT2D eigenvalue weighted by atomic mass is 35.5. The van der Waals surface area contributed by atoms with Gasteiger partial charge in [-0.15, -0.1) is 36.2 Å². The van der Waals surface area contributed by atoms with Crippen molar-refractivity contribution in [1.82, 2.24) is 15.6 Å². The van der Waals surface area contributed by atoms with E-state index in [0.29, 0.717) is 18.0 Å². The van der Waals surface area contributed by atoms with Gasteiger partial charge < -0.3 is 15.1 Å². The number of hydrogen-bond acceptors (Lipinski definition) is 5. The van der Waals surface area contributed by atoms with E-state index in [0.717, 1.165) is 22.9 Å². The number of carbonyl (C=O) groups is 1. The van der Waals surface area contributed by atoms with Gasteiger partial charge in [-0.3, -0.25) is 4.79 Å². The van der Waals surface area contributed by atoms with Crippen LogP contribution >= 0.6 is 36.2 Å². The summed E-state index contributed by atoms with van der Waals surface area (Å²) >= 11 is 1.47. The summed E-state index contributed by atoms with van der Waals surface area (Å²) in [7, 11) is 1.89. The zero-order chi connectivity index (χ0) is 13.7. The number of thiazole rings is 1. The molecule has 0 saturated heterocycles. The Morgan fingerprint density at radius 3 is 2.76 bits per heavy atom. The average Bonchev–Trinajstić information content (AvgIpc) is 3.03. The summed E-state index contributed by atoms with van der Waals surface area (Å²) in [5, 5.41) is 6.64. The van der Waals surface area contributed by atoms with Crippen LogP contribution < -0.4 is 10.6 Å². The van der Waals surface area contributed by atoms with Crippen molar-refractivity contribution in [3.63, 3.8) is 0 Å². The van der Waals surface area contributed by atoms with Gasteiger partial charge in [0, 0.05) is 11.4 Å². The molecule has 21 heavy (non-hydrogen) atoms. The van der Waals surface area contributed by atoms with Gasteiger partial charge in [-0.2, -0.15) is 0 Å². The summed E-state index contributed by atoms with van der Waals surface area (Å²) in [6, 6.07) is 3.65. The lowest BCUT2D eigenvalue weighted by atomic mass is 10.3. The van der Waals surface area contributed by atoms with Crippen LogP contribution in [-0.4, -0.2) is 31.0 Å². The van der Waals surface area contributed by atoms with Crippen LogP contribution in [0.1, 0.15) is 21.8 Å². The molecule has 0 aliphatic rings.